The average molecular weight is 400 g/mol. The second-order valence-corrected chi connectivity index (χ2v) is 6.95. The summed E-state index contributed by atoms with van der Waals surface area (Å²) in [5.41, 5.74) is 2.08. The minimum Gasteiger partial charge on any atom is -0.340 e. The Morgan fingerprint density at radius 2 is 2.10 bits per heavy atom. The van der Waals surface area contributed by atoms with Crippen LogP contribution in [-0.2, 0) is 0 Å². The highest BCUT2D eigenvalue weighted by molar-refractivity contribution is 6.00. The number of nitrogens with zero attached hydrogens (tertiary/aromatic N) is 5. The summed E-state index contributed by atoms with van der Waals surface area (Å²) in [4.78, 5) is 21.0. The molecule has 4 rings (SSSR count). The first-order chi connectivity index (χ1) is 13.8. The van der Waals surface area contributed by atoms with Crippen molar-refractivity contribution in [3.05, 3.63) is 47.5 Å². The number of amides is 1. The van der Waals surface area contributed by atoms with E-state index in [1.807, 2.05) is 6.07 Å². The normalized spacial score (nSPS) is 15.1. The van der Waals surface area contributed by atoms with Gasteiger partial charge in [0.1, 0.15) is 23.4 Å². The molecule has 0 radical (unpaired) electrons. The molecule has 7 nitrogen and oxygen atoms in total. The molecule has 0 bridgehead atoms. The molecule has 1 aliphatic rings. The lowest BCUT2D eigenvalue weighted by Crippen LogP contribution is -2.46. The number of carbonyl (C=O) groups is 1. The molecule has 29 heavy (non-hydrogen) atoms. The zero-order valence-electron chi connectivity index (χ0n) is 15.2. The van der Waals surface area contributed by atoms with E-state index in [-0.39, 0.29) is 16.9 Å². The Morgan fingerprint density at radius 3 is 2.69 bits per heavy atom. The first-order valence-electron chi connectivity index (χ1n) is 8.87. The standard InChI is InChI=1S/C19H15F3N6O/c1-10-6-15(12-4-5-13(7-23)24-8-12)26-17-14(9-25-28(10)17)18(29)27-16(11-2-3-11)19(20,21)22/h4-6,8-9,11,16H,2-3H2,1H3,(H,27,29). The summed E-state index contributed by atoms with van der Waals surface area (Å²) in [7, 11) is 0. The molecule has 1 unspecified atom stereocenters. The maximum Gasteiger partial charge on any atom is 0.408 e. The summed E-state index contributed by atoms with van der Waals surface area (Å²) in [6.07, 6.45) is -0.952. The van der Waals surface area contributed by atoms with Crippen molar-refractivity contribution in [1.82, 2.24) is 24.9 Å². The topological polar surface area (TPSA) is 96.0 Å². The van der Waals surface area contributed by atoms with Crippen molar-refractivity contribution in [3.63, 3.8) is 0 Å². The minimum absolute atomic E-state index is 0.0357. The Kier molecular flexibility index (Phi) is 4.45. The number of fused-ring (bicyclic) bond motifs is 1. The zero-order chi connectivity index (χ0) is 20.8. The molecule has 1 saturated carbocycles. The SMILES string of the molecule is Cc1cc(-c2ccc(C#N)nc2)nc2c(C(=O)NC(C3CC3)C(F)(F)F)cnn12. The van der Waals surface area contributed by atoms with E-state index in [4.69, 9.17) is 5.26 Å². The number of pyridine rings is 1. The molecule has 1 fully saturated rings. The molecule has 3 aromatic rings. The minimum atomic E-state index is -4.51. The van der Waals surface area contributed by atoms with Crippen molar-refractivity contribution in [1.29, 1.82) is 5.26 Å². The monoisotopic (exact) mass is 400 g/mol. The van der Waals surface area contributed by atoms with Gasteiger partial charge in [-0.2, -0.15) is 23.5 Å². The first kappa shape index (κ1) is 18.9. The second kappa shape index (κ2) is 6.84. The number of hydrogen-bond donors (Lipinski definition) is 1. The Bertz CT molecular complexity index is 1130. The van der Waals surface area contributed by atoms with E-state index in [1.54, 1.807) is 19.1 Å². The van der Waals surface area contributed by atoms with Crippen LogP contribution in [0.2, 0.25) is 0 Å². The molecule has 148 valence electrons. The third-order valence-corrected chi connectivity index (χ3v) is 4.80. The number of aromatic nitrogens is 4. The summed E-state index contributed by atoms with van der Waals surface area (Å²) in [5.74, 6) is -1.45. The van der Waals surface area contributed by atoms with Crippen molar-refractivity contribution >= 4 is 11.6 Å². The Labute approximate surface area is 163 Å². The number of nitrogens with one attached hydrogen (secondary N) is 1. The van der Waals surface area contributed by atoms with Crippen LogP contribution in [0.4, 0.5) is 13.2 Å². The summed E-state index contributed by atoms with van der Waals surface area (Å²) in [6.45, 7) is 1.74. The van der Waals surface area contributed by atoms with Gasteiger partial charge in [0, 0.05) is 17.5 Å². The highest BCUT2D eigenvalue weighted by atomic mass is 19.4. The van der Waals surface area contributed by atoms with Gasteiger partial charge < -0.3 is 5.32 Å². The molecule has 3 heterocycles. The Morgan fingerprint density at radius 1 is 1.34 bits per heavy atom. The lowest BCUT2D eigenvalue weighted by molar-refractivity contribution is -0.158. The Balaban J connectivity index is 1.71. The quantitative estimate of drug-likeness (QED) is 0.726. The van der Waals surface area contributed by atoms with Gasteiger partial charge >= 0.3 is 6.18 Å². The van der Waals surface area contributed by atoms with Crippen molar-refractivity contribution in [3.8, 4) is 17.3 Å². The molecule has 0 aromatic carbocycles. The van der Waals surface area contributed by atoms with Gasteiger partial charge in [0.05, 0.1) is 11.9 Å². The maximum absolute atomic E-state index is 13.3. The van der Waals surface area contributed by atoms with Crippen LogP contribution in [0.3, 0.4) is 0 Å². The molecule has 10 heteroatoms. The van der Waals surface area contributed by atoms with Gasteiger partial charge in [-0.3, -0.25) is 4.79 Å². The van der Waals surface area contributed by atoms with Crippen LogP contribution in [0, 0.1) is 24.2 Å². The lowest BCUT2D eigenvalue weighted by atomic mass is 10.1. The van der Waals surface area contributed by atoms with E-state index in [9.17, 15) is 18.0 Å². The number of nitriles is 1. The van der Waals surface area contributed by atoms with Crippen molar-refractivity contribution < 1.29 is 18.0 Å². The number of halogens is 3. The van der Waals surface area contributed by atoms with Gasteiger partial charge in [-0.25, -0.2) is 14.5 Å². The smallest absolute Gasteiger partial charge is 0.340 e. The molecule has 1 atom stereocenters. The fourth-order valence-electron chi connectivity index (χ4n) is 3.15. The van der Waals surface area contributed by atoms with Crippen LogP contribution in [0.25, 0.3) is 16.9 Å². The van der Waals surface area contributed by atoms with Crippen molar-refractivity contribution in [2.24, 2.45) is 5.92 Å². The predicted molar refractivity (Wildman–Crippen MR) is 95.7 cm³/mol. The fraction of sp³-hybridized carbons (Fsp3) is 0.316. The highest BCUT2D eigenvalue weighted by Crippen LogP contribution is 2.40. The maximum atomic E-state index is 13.3. The molecular formula is C19H15F3N6O. The predicted octanol–water partition coefficient (Wildman–Crippen LogP) is 3.04. The van der Waals surface area contributed by atoms with Crippen LogP contribution in [0.15, 0.2) is 30.6 Å². The number of hydrogen-bond acceptors (Lipinski definition) is 5. The van der Waals surface area contributed by atoms with Gasteiger partial charge in [-0.15, -0.1) is 0 Å². The molecule has 1 amide bonds. The van der Waals surface area contributed by atoms with E-state index in [0.29, 0.717) is 29.8 Å². The molecule has 0 aliphatic heterocycles. The van der Waals surface area contributed by atoms with Gasteiger partial charge in [0.25, 0.3) is 5.91 Å². The van der Waals surface area contributed by atoms with Gasteiger partial charge in [-0.1, -0.05) is 0 Å². The third-order valence-electron chi connectivity index (χ3n) is 4.80. The average Bonchev–Trinajstić information content (AvgIpc) is 3.42. The van der Waals surface area contributed by atoms with E-state index in [0.717, 1.165) is 0 Å². The van der Waals surface area contributed by atoms with E-state index >= 15 is 0 Å². The third kappa shape index (κ3) is 3.63. The van der Waals surface area contributed by atoms with Crippen LogP contribution in [0.5, 0.6) is 0 Å². The molecule has 1 aliphatic carbocycles. The van der Waals surface area contributed by atoms with Crippen molar-refractivity contribution in [2.45, 2.75) is 32.0 Å². The Hall–Kier alpha value is -3.48. The van der Waals surface area contributed by atoms with Crippen LogP contribution >= 0.6 is 0 Å². The van der Waals surface area contributed by atoms with E-state index < -0.39 is 24.0 Å². The molecule has 0 spiro atoms. The van der Waals surface area contributed by atoms with Crippen LogP contribution in [0.1, 0.15) is 34.6 Å². The number of aryl methyl sites for hydroxylation is 1. The summed E-state index contributed by atoms with van der Waals surface area (Å²) >= 11 is 0. The summed E-state index contributed by atoms with van der Waals surface area (Å²) in [5, 5.41) is 15.0. The largest absolute Gasteiger partial charge is 0.408 e. The molecule has 1 N–H and O–H groups in total. The summed E-state index contributed by atoms with van der Waals surface area (Å²) in [6, 6.07) is 4.95. The van der Waals surface area contributed by atoms with Crippen molar-refractivity contribution in [2.75, 3.05) is 0 Å². The fourth-order valence-corrected chi connectivity index (χ4v) is 3.15. The molecule has 0 saturated heterocycles. The second-order valence-electron chi connectivity index (χ2n) is 6.95. The number of rotatable bonds is 4. The molecule has 3 aromatic heterocycles. The number of alkyl halides is 3. The lowest BCUT2D eigenvalue weighted by Gasteiger charge is -2.20. The van der Waals surface area contributed by atoms with E-state index in [2.05, 4.69) is 20.4 Å². The zero-order valence-corrected chi connectivity index (χ0v) is 15.2. The molecular weight excluding hydrogens is 385 g/mol. The van der Waals surface area contributed by atoms with Gasteiger partial charge in [0.2, 0.25) is 0 Å². The van der Waals surface area contributed by atoms with Crippen LogP contribution < -0.4 is 5.32 Å². The highest BCUT2D eigenvalue weighted by Gasteiger charge is 2.49. The van der Waals surface area contributed by atoms with Gasteiger partial charge in [0.15, 0.2) is 5.65 Å². The number of carbonyl (C=O) groups excluding carboxylic acids is 1. The van der Waals surface area contributed by atoms with E-state index in [1.165, 1.54) is 23.0 Å². The summed E-state index contributed by atoms with van der Waals surface area (Å²) < 4.78 is 41.2. The van der Waals surface area contributed by atoms with Gasteiger partial charge in [-0.05, 0) is 43.9 Å². The first-order valence-corrected chi connectivity index (χ1v) is 8.87. The van der Waals surface area contributed by atoms with Crippen LogP contribution in [-0.4, -0.2) is 37.7 Å².